The highest BCUT2D eigenvalue weighted by atomic mass is 16.5. The van der Waals surface area contributed by atoms with Gasteiger partial charge in [-0.15, -0.1) is 0 Å². The van der Waals surface area contributed by atoms with Gasteiger partial charge in [-0.3, -0.25) is 9.79 Å². The van der Waals surface area contributed by atoms with Crippen LogP contribution in [0.15, 0.2) is 78.0 Å². The van der Waals surface area contributed by atoms with Crippen LogP contribution in [0.1, 0.15) is 39.9 Å². The summed E-state index contributed by atoms with van der Waals surface area (Å²) in [4.78, 5) is 30.3. The lowest BCUT2D eigenvalue weighted by atomic mass is 9.89. The molecule has 2 N–H and O–H groups in total. The Morgan fingerprint density at radius 1 is 1.00 bits per heavy atom. The number of carbonyl (C=O) groups is 2. The first-order valence-electron chi connectivity index (χ1n) is 11.7. The zero-order valence-electron chi connectivity index (χ0n) is 20.0. The van der Waals surface area contributed by atoms with Crippen molar-refractivity contribution in [2.45, 2.75) is 19.4 Å². The molecule has 0 radical (unpaired) electrons. The predicted molar refractivity (Wildman–Crippen MR) is 139 cm³/mol. The topological polar surface area (TPSA) is 106 Å². The molecule has 1 amide bonds. The summed E-state index contributed by atoms with van der Waals surface area (Å²) in [5, 5.41) is 16.0. The number of benzene rings is 3. The Hall–Kier alpha value is -4.43. The van der Waals surface area contributed by atoms with Crippen LogP contribution in [0.3, 0.4) is 0 Å². The number of hydrogen-bond donors (Lipinski definition) is 2. The first-order chi connectivity index (χ1) is 17.6. The zero-order valence-corrected chi connectivity index (χ0v) is 20.0. The molecule has 1 aliphatic heterocycles. The van der Waals surface area contributed by atoms with E-state index in [-0.39, 0.29) is 5.91 Å². The largest absolute Gasteiger partial charge is 0.465 e. The normalized spacial score (nSPS) is 15.0. The third kappa shape index (κ3) is 4.58. The smallest absolute Gasteiger partial charge is 0.337 e. The van der Waals surface area contributed by atoms with Crippen molar-refractivity contribution in [1.82, 2.24) is 15.5 Å². The second-order valence-corrected chi connectivity index (χ2v) is 8.49. The summed E-state index contributed by atoms with van der Waals surface area (Å²) < 4.78 is 4.83. The third-order valence-electron chi connectivity index (χ3n) is 6.19. The van der Waals surface area contributed by atoms with E-state index >= 15 is 0 Å². The van der Waals surface area contributed by atoms with Gasteiger partial charge in [0.2, 0.25) is 5.91 Å². The molecule has 0 saturated carbocycles. The lowest BCUT2D eigenvalue weighted by molar-refractivity contribution is -0.115. The predicted octanol–water partition coefficient (Wildman–Crippen LogP) is 4.38. The molecule has 3 aromatic carbocycles. The molecule has 0 fully saturated rings. The van der Waals surface area contributed by atoms with Gasteiger partial charge in [-0.1, -0.05) is 37.3 Å². The van der Waals surface area contributed by atoms with Crippen LogP contribution < -0.4 is 10.6 Å². The number of hydrogen-bond acceptors (Lipinski definition) is 7. The van der Waals surface area contributed by atoms with E-state index in [1.54, 1.807) is 30.6 Å². The van der Waals surface area contributed by atoms with Crippen LogP contribution in [0, 0.1) is 0 Å². The van der Waals surface area contributed by atoms with E-state index in [9.17, 15) is 9.59 Å². The molecule has 0 bridgehead atoms. The number of carbonyl (C=O) groups excluding carboxylic acids is 2. The molecule has 36 heavy (non-hydrogen) atoms. The summed E-state index contributed by atoms with van der Waals surface area (Å²) >= 11 is 0. The average molecular weight is 480 g/mol. The van der Waals surface area contributed by atoms with Crippen LogP contribution in [-0.2, 0) is 16.1 Å². The average Bonchev–Trinajstić information content (AvgIpc) is 3.25. The zero-order chi connectivity index (χ0) is 25.1. The van der Waals surface area contributed by atoms with Crippen molar-refractivity contribution in [2.24, 2.45) is 4.99 Å². The minimum Gasteiger partial charge on any atom is -0.465 e. The number of aliphatic imine (C=N–C) groups is 1. The fraction of sp³-hybridized carbons (Fsp3) is 0.179. The number of ether oxygens (including phenoxy) is 1. The van der Waals surface area contributed by atoms with Crippen LogP contribution in [0.4, 0.5) is 11.4 Å². The molecule has 0 aliphatic carbocycles. The minimum absolute atomic E-state index is 0.206. The molecule has 180 valence electrons. The fourth-order valence-corrected chi connectivity index (χ4v) is 4.33. The van der Waals surface area contributed by atoms with Gasteiger partial charge < -0.3 is 15.4 Å². The van der Waals surface area contributed by atoms with E-state index in [1.807, 2.05) is 42.5 Å². The molecule has 1 aliphatic rings. The van der Waals surface area contributed by atoms with Gasteiger partial charge in [-0.25, -0.2) is 4.79 Å². The van der Waals surface area contributed by atoms with Gasteiger partial charge in [0.1, 0.15) is 5.92 Å². The summed E-state index contributed by atoms with van der Waals surface area (Å²) in [6.45, 7) is 3.74. The Morgan fingerprint density at radius 2 is 1.75 bits per heavy atom. The molecule has 0 saturated heterocycles. The van der Waals surface area contributed by atoms with Gasteiger partial charge in [0.15, 0.2) is 0 Å². The van der Waals surface area contributed by atoms with E-state index in [4.69, 9.17) is 9.73 Å². The highest BCUT2D eigenvalue weighted by molar-refractivity contribution is 6.24. The fourth-order valence-electron chi connectivity index (χ4n) is 4.33. The minimum atomic E-state index is -0.652. The molecule has 1 atom stereocenters. The van der Waals surface area contributed by atoms with Crippen LogP contribution in [0.2, 0.25) is 0 Å². The van der Waals surface area contributed by atoms with Gasteiger partial charge >= 0.3 is 5.97 Å². The Balaban J connectivity index is 1.61. The van der Waals surface area contributed by atoms with E-state index < -0.39 is 11.9 Å². The van der Waals surface area contributed by atoms with Crippen LogP contribution in [0.5, 0.6) is 0 Å². The van der Waals surface area contributed by atoms with Crippen molar-refractivity contribution >= 4 is 39.7 Å². The number of fused-ring (bicyclic) bond motifs is 2. The van der Waals surface area contributed by atoms with Gasteiger partial charge in [-0.05, 0) is 53.6 Å². The molecule has 8 heteroatoms. The Bertz CT molecular complexity index is 1480. The first-order valence-corrected chi connectivity index (χ1v) is 11.7. The van der Waals surface area contributed by atoms with Gasteiger partial charge in [0, 0.05) is 23.0 Å². The number of nitrogens with zero attached hydrogens (tertiary/aromatic N) is 3. The molecule has 4 aromatic rings. The van der Waals surface area contributed by atoms with E-state index in [1.165, 1.54) is 7.11 Å². The molecule has 0 spiro atoms. The molecule has 8 nitrogen and oxygen atoms in total. The van der Waals surface area contributed by atoms with Crippen molar-refractivity contribution in [2.75, 3.05) is 19.0 Å². The van der Waals surface area contributed by atoms with Crippen LogP contribution >= 0.6 is 0 Å². The maximum atomic E-state index is 13.3. The van der Waals surface area contributed by atoms with Crippen molar-refractivity contribution in [1.29, 1.82) is 0 Å². The number of anilines is 1. The lowest BCUT2D eigenvalue weighted by Gasteiger charge is -2.15. The number of esters is 1. The summed E-state index contributed by atoms with van der Waals surface area (Å²) in [7, 11) is 1.33. The van der Waals surface area contributed by atoms with Gasteiger partial charge in [-0.2, -0.15) is 10.2 Å². The Morgan fingerprint density at radius 3 is 2.50 bits per heavy atom. The van der Waals surface area contributed by atoms with Gasteiger partial charge in [0.25, 0.3) is 0 Å². The molecular weight excluding hydrogens is 454 g/mol. The first kappa shape index (κ1) is 23.3. The number of amides is 1. The Labute approximate surface area is 208 Å². The highest BCUT2D eigenvalue weighted by Crippen LogP contribution is 2.37. The number of rotatable bonds is 7. The van der Waals surface area contributed by atoms with Crippen molar-refractivity contribution in [3.8, 4) is 0 Å². The third-order valence-corrected chi connectivity index (χ3v) is 6.19. The molecule has 5 rings (SSSR count). The molecule has 2 heterocycles. The van der Waals surface area contributed by atoms with Crippen molar-refractivity contribution in [3.63, 3.8) is 0 Å². The summed E-state index contributed by atoms with van der Waals surface area (Å²) in [6, 6.07) is 18.9. The standard InChI is InChI=1S/C28H25N5O3/c1-3-29-14-17-4-9-22(10-5-17)32-26(18-6-7-20-15-30-31-16-21(20)12-18)25-23-11-8-19(28(35)36-2)13-24(23)33-27(25)34/h4-13,15-16,25,29H,3,14H2,1-2H3,(H,33,34). The van der Waals surface area contributed by atoms with Crippen LogP contribution in [0.25, 0.3) is 10.8 Å². The van der Waals surface area contributed by atoms with E-state index in [0.717, 1.165) is 46.2 Å². The lowest BCUT2D eigenvalue weighted by Crippen LogP contribution is -2.22. The second kappa shape index (κ2) is 10.1. The maximum absolute atomic E-state index is 13.3. The number of nitrogens with one attached hydrogen (secondary N) is 2. The number of aromatic nitrogens is 2. The molecule has 1 unspecified atom stereocenters. The SMILES string of the molecule is CCNCc1ccc(N=C(c2ccc3cnncc3c2)C2C(=O)Nc3cc(C(=O)OC)ccc32)cc1. The van der Waals surface area contributed by atoms with Crippen LogP contribution in [-0.4, -0.2) is 41.4 Å². The number of methoxy groups -OCH3 is 1. The van der Waals surface area contributed by atoms with Crippen molar-refractivity contribution < 1.29 is 14.3 Å². The highest BCUT2D eigenvalue weighted by Gasteiger charge is 2.36. The van der Waals surface area contributed by atoms with Crippen molar-refractivity contribution in [3.05, 3.63) is 95.3 Å². The maximum Gasteiger partial charge on any atom is 0.337 e. The molecule has 1 aromatic heterocycles. The monoisotopic (exact) mass is 479 g/mol. The summed E-state index contributed by atoms with van der Waals surface area (Å²) in [5.41, 5.74) is 5.01. The van der Waals surface area contributed by atoms with E-state index in [0.29, 0.717) is 17.0 Å². The summed E-state index contributed by atoms with van der Waals surface area (Å²) in [6.07, 6.45) is 3.39. The quantitative estimate of drug-likeness (QED) is 0.301. The Kier molecular flexibility index (Phi) is 6.51. The van der Waals surface area contributed by atoms with E-state index in [2.05, 4.69) is 27.8 Å². The van der Waals surface area contributed by atoms with Gasteiger partial charge in [0.05, 0.1) is 36.5 Å². The summed E-state index contributed by atoms with van der Waals surface area (Å²) in [5.74, 6) is -1.32. The molecular formula is C28H25N5O3. The second-order valence-electron chi connectivity index (χ2n) is 8.49.